The second kappa shape index (κ2) is 8.86. The lowest BCUT2D eigenvalue weighted by atomic mass is 10.1. The van der Waals surface area contributed by atoms with Gasteiger partial charge in [0.1, 0.15) is 6.54 Å². The highest BCUT2D eigenvalue weighted by Crippen LogP contribution is 2.19. The van der Waals surface area contributed by atoms with E-state index in [1.54, 1.807) is 18.2 Å². The summed E-state index contributed by atoms with van der Waals surface area (Å²) in [5.74, 6) is -0.582. The second-order valence-corrected chi connectivity index (χ2v) is 9.04. The first-order valence-electron chi connectivity index (χ1n) is 11.6. The van der Waals surface area contributed by atoms with E-state index in [1.165, 1.54) is 22.1 Å². The molecule has 1 fully saturated rings. The van der Waals surface area contributed by atoms with E-state index >= 15 is 0 Å². The van der Waals surface area contributed by atoms with Crippen LogP contribution in [0.2, 0.25) is 0 Å². The number of hydrogen-bond acceptors (Lipinski definition) is 5. The molecule has 0 radical (unpaired) electrons. The largest absolute Gasteiger partial charge is 0.352 e. The number of aromatic nitrogens is 4. The third-order valence-corrected chi connectivity index (χ3v) is 6.44. The average Bonchev–Trinajstić information content (AvgIpc) is 3.45. The first kappa shape index (κ1) is 22.6. The highest BCUT2D eigenvalue weighted by molar-refractivity contribution is 5.98. The summed E-state index contributed by atoms with van der Waals surface area (Å²) in [5, 5.41) is 10.3. The van der Waals surface area contributed by atoms with Crippen LogP contribution in [0.5, 0.6) is 0 Å². The standard InChI is InChI=1S/C25H26N6O4/c1-15-6-5-9-18(12-15)26-21(32)14-30-25(35)31-20-13-16(22(33)27-17-7-3-4-8-17)10-11-19(20)23(34)29(2)24(31)28-30/h5-6,9-13,17H,3-4,7-8,14H2,1-2H3,(H,26,32)(H,27,33). The number of carbonyl (C=O) groups is 2. The minimum atomic E-state index is -0.576. The number of amides is 2. The summed E-state index contributed by atoms with van der Waals surface area (Å²) in [7, 11) is 1.52. The first-order valence-corrected chi connectivity index (χ1v) is 11.6. The fourth-order valence-corrected chi connectivity index (χ4v) is 4.64. The molecule has 0 unspecified atom stereocenters. The average molecular weight is 475 g/mol. The van der Waals surface area contributed by atoms with Gasteiger partial charge in [0.15, 0.2) is 0 Å². The number of carbonyl (C=O) groups excluding carboxylic acids is 2. The van der Waals surface area contributed by atoms with Gasteiger partial charge in [-0.15, -0.1) is 5.10 Å². The van der Waals surface area contributed by atoms with E-state index in [1.807, 2.05) is 25.1 Å². The summed E-state index contributed by atoms with van der Waals surface area (Å²) in [6.45, 7) is 1.59. The predicted octanol–water partition coefficient (Wildman–Crippen LogP) is 1.97. The van der Waals surface area contributed by atoms with Crippen molar-refractivity contribution < 1.29 is 9.59 Å². The lowest BCUT2D eigenvalue weighted by Crippen LogP contribution is -2.32. The molecular formula is C25H26N6O4. The van der Waals surface area contributed by atoms with Crippen LogP contribution in [0, 0.1) is 6.92 Å². The lowest BCUT2D eigenvalue weighted by Gasteiger charge is -2.12. The molecule has 4 aromatic rings. The van der Waals surface area contributed by atoms with Crippen molar-refractivity contribution in [2.24, 2.45) is 7.05 Å². The Morgan fingerprint density at radius 1 is 1.09 bits per heavy atom. The molecule has 180 valence electrons. The molecule has 0 atom stereocenters. The van der Waals surface area contributed by atoms with Crippen molar-refractivity contribution in [1.29, 1.82) is 0 Å². The SMILES string of the molecule is Cc1cccc(NC(=O)Cn2nc3n(C)c(=O)c4ccc(C(=O)NC5CCCC5)cc4n3c2=O)c1. The Morgan fingerprint density at radius 3 is 2.60 bits per heavy atom. The molecule has 10 heteroatoms. The molecule has 0 bridgehead atoms. The Balaban J connectivity index is 1.53. The minimum Gasteiger partial charge on any atom is -0.349 e. The molecule has 10 nitrogen and oxygen atoms in total. The van der Waals surface area contributed by atoms with Crippen molar-refractivity contribution in [3.63, 3.8) is 0 Å². The van der Waals surface area contributed by atoms with Crippen LogP contribution in [0.15, 0.2) is 52.1 Å². The Morgan fingerprint density at radius 2 is 1.86 bits per heavy atom. The van der Waals surface area contributed by atoms with E-state index in [-0.39, 0.29) is 40.7 Å². The first-order chi connectivity index (χ1) is 16.8. The molecule has 2 N–H and O–H groups in total. The maximum atomic E-state index is 13.3. The Kier molecular flexibility index (Phi) is 5.72. The van der Waals surface area contributed by atoms with Gasteiger partial charge < -0.3 is 10.6 Å². The van der Waals surface area contributed by atoms with Crippen LogP contribution in [0.25, 0.3) is 16.7 Å². The van der Waals surface area contributed by atoms with Crippen LogP contribution < -0.4 is 21.9 Å². The number of nitrogens with one attached hydrogen (secondary N) is 2. The maximum Gasteiger partial charge on any atom is 0.352 e. The van der Waals surface area contributed by atoms with Crippen LogP contribution in [-0.2, 0) is 18.4 Å². The molecular weight excluding hydrogens is 448 g/mol. The number of benzene rings is 2. The number of fused-ring (bicyclic) bond motifs is 3. The van der Waals surface area contributed by atoms with Gasteiger partial charge in [0, 0.05) is 24.3 Å². The number of nitrogens with zero attached hydrogens (tertiary/aromatic N) is 4. The normalized spacial score (nSPS) is 14.0. The highest BCUT2D eigenvalue weighted by Gasteiger charge is 2.21. The monoisotopic (exact) mass is 474 g/mol. The zero-order chi connectivity index (χ0) is 24.7. The third-order valence-electron chi connectivity index (χ3n) is 6.44. The Labute approximate surface area is 200 Å². The van der Waals surface area contributed by atoms with Crippen LogP contribution in [0.4, 0.5) is 5.69 Å². The third kappa shape index (κ3) is 4.23. The van der Waals surface area contributed by atoms with Crippen LogP contribution in [0.3, 0.4) is 0 Å². The maximum absolute atomic E-state index is 13.3. The topological polar surface area (TPSA) is 120 Å². The zero-order valence-corrected chi connectivity index (χ0v) is 19.6. The fraction of sp³-hybridized carbons (Fsp3) is 0.320. The van der Waals surface area contributed by atoms with Gasteiger partial charge in [0.2, 0.25) is 11.7 Å². The summed E-state index contributed by atoms with van der Waals surface area (Å²) in [5.41, 5.74) is 1.31. The summed E-state index contributed by atoms with van der Waals surface area (Å²) in [6.07, 6.45) is 4.07. The van der Waals surface area contributed by atoms with Gasteiger partial charge in [-0.05, 0) is 55.7 Å². The van der Waals surface area contributed by atoms with Gasteiger partial charge in [-0.2, -0.15) is 0 Å². The number of anilines is 1. The second-order valence-electron chi connectivity index (χ2n) is 9.04. The molecule has 1 aliphatic carbocycles. The van der Waals surface area contributed by atoms with Crippen LogP contribution in [0.1, 0.15) is 41.6 Å². The zero-order valence-electron chi connectivity index (χ0n) is 19.6. The summed E-state index contributed by atoms with van der Waals surface area (Å²) in [4.78, 5) is 51.6. The lowest BCUT2D eigenvalue weighted by molar-refractivity contribution is -0.117. The number of hydrogen-bond donors (Lipinski definition) is 2. The molecule has 1 saturated carbocycles. The van der Waals surface area contributed by atoms with E-state index in [2.05, 4.69) is 15.7 Å². The van der Waals surface area contributed by atoms with Crippen molar-refractivity contribution in [3.8, 4) is 0 Å². The molecule has 0 saturated heterocycles. The van der Waals surface area contributed by atoms with Crippen LogP contribution in [-0.4, -0.2) is 36.6 Å². The molecule has 0 spiro atoms. The summed E-state index contributed by atoms with van der Waals surface area (Å²) >= 11 is 0. The van der Waals surface area contributed by atoms with E-state index in [0.717, 1.165) is 35.9 Å². The number of aryl methyl sites for hydroxylation is 2. The molecule has 35 heavy (non-hydrogen) atoms. The molecule has 0 aliphatic heterocycles. The summed E-state index contributed by atoms with van der Waals surface area (Å²) in [6, 6.07) is 12.1. The molecule has 2 aromatic heterocycles. The molecule has 2 heterocycles. The molecule has 5 rings (SSSR count). The van der Waals surface area contributed by atoms with Gasteiger partial charge >= 0.3 is 5.69 Å². The van der Waals surface area contributed by atoms with E-state index < -0.39 is 11.6 Å². The Hall–Kier alpha value is -4.21. The van der Waals surface area contributed by atoms with Gasteiger partial charge in [-0.1, -0.05) is 25.0 Å². The van der Waals surface area contributed by atoms with Crippen molar-refractivity contribution in [2.45, 2.75) is 45.2 Å². The van der Waals surface area contributed by atoms with Crippen molar-refractivity contribution >= 4 is 34.2 Å². The van der Waals surface area contributed by atoms with Gasteiger partial charge in [0.05, 0.1) is 10.9 Å². The van der Waals surface area contributed by atoms with Gasteiger partial charge in [0.25, 0.3) is 11.5 Å². The fourth-order valence-electron chi connectivity index (χ4n) is 4.64. The van der Waals surface area contributed by atoms with E-state index in [4.69, 9.17) is 0 Å². The minimum absolute atomic E-state index is 0.0872. The number of rotatable bonds is 5. The molecule has 2 aromatic carbocycles. The quantitative estimate of drug-likeness (QED) is 0.458. The van der Waals surface area contributed by atoms with Crippen molar-refractivity contribution in [2.75, 3.05) is 5.32 Å². The van der Waals surface area contributed by atoms with Gasteiger partial charge in [-0.3, -0.25) is 19.0 Å². The molecule has 1 aliphatic rings. The Bertz CT molecular complexity index is 1590. The highest BCUT2D eigenvalue weighted by atomic mass is 16.2. The smallest absolute Gasteiger partial charge is 0.349 e. The van der Waals surface area contributed by atoms with E-state index in [9.17, 15) is 19.2 Å². The molecule has 2 amide bonds. The van der Waals surface area contributed by atoms with Crippen LogP contribution >= 0.6 is 0 Å². The van der Waals surface area contributed by atoms with Crippen molar-refractivity contribution in [3.05, 3.63) is 74.4 Å². The van der Waals surface area contributed by atoms with Gasteiger partial charge in [-0.25, -0.2) is 13.9 Å². The summed E-state index contributed by atoms with van der Waals surface area (Å²) < 4.78 is 3.55. The predicted molar refractivity (Wildman–Crippen MR) is 132 cm³/mol. The van der Waals surface area contributed by atoms with Crippen molar-refractivity contribution in [1.82, 2.24) is 24.1 Å². The van der Waals surface area contributed by atoms with E-state index in [0.29, 0.717) is 11.3 Å².